The van der Waals surface area contributed by atoms with Crippen LogP contribution < -0.4 is 0 Å². The highest BCUT2D eigenvalue weighted by atomic mass is 32.2. The lowest BCUT2D eigenvalue weighted by molar-refractivity contribution is 0.0472. The first-order valence-corrected chi connectivity index (χ1v) is 11.9. The molecule has 3 N–H and O–H groups in total. The van der Waals surface area contributed by atoms with E-state index in [1.165, 1.54) is 36.4 Å². The Morgan fingerprint density at radius 2 is 1.40 bits per heavy atom. The van der Waals surface area contributed by atoms with Crippen molar-refractivity contribution in [3.05, 3.63) is 107 Å². The van der Waals surface area contributed by atoms with Gasteiger partial charge in [-0.1, -0.05) is 30.3 Å². The molecule has 9 heteroatoms. The number of carbonyl (C=O) groups excluding carboxylic acids is 1. The van der Waals surface area contributed by atoms with Gasteiger partial charge in [-0.3, -0.25) is 4.55 Å². The third-order valence-electron chi connectivity index (χ3n) is 5.46. The van der Waals surface area contributed by atoms with Crippen molar-refractivity contribution in [2.24, 2.45) is 0 Å². The molecule has 0 amide bonds. The number of aromatic carboxylic acids is 1. The Labute approximate surface area is 200 Å². The Balaban J connectivity index is 1.50. The van der Waals surface area contributed by atoms with Crippen LogP contribution in [0, 0.1) is 0 Å². The minimum Gasteiger partial charge on any atom is -0.508 e. The lowest BCUT2D eigenvalue weighted by Crippen LogP contribution is -2.05. The molecule has 0 saturated heterocycles. The average molecular weight is 493 g/mol. The number of phenols is 1. The number of benzene rings is 4. The summed E-state index contributed by atoms with van der Waals surface area (Å²) in [6, 6.07) is 20.0. The number of aromatic hydroxyl groups is 1. The molecule has 0 radical (unpaired) electrons. The zero-order valence-electron chi connectivity index (χ0n) is 18.2. The van der Waals surface area contributed by atoms with Crippen LogP contribution in [0.1, 0.15) is 37.4 Å². The number of phenolic OH excluding ortho intramolecular Hbond substituents is 1. The number of carboxylic acids is 1. The minimum atomic E-state index is -4.30. The van der Waals surface area contributed by atoms with E-state index in [1.54, 1.807) is 42.5 Å². The Kier molecular flexibility index (Phi) is 6.54. The summed E-state index contributed by atoms with van der Waals surface area (Å²) < 4.78 is 36.6. The van der Waals surface area contributed by atoms with Crippen LogP contribution in [0.25, 0.3) is 10.8 Å². The summed E-state index contributed by atoms with van der Waals surface area (Å²) in [5.41, 5.74) is 2.46. The number of esters is 1. The number of rotatable bonds is 7. The van der Waals surface area contributed by atoms with Gasteiger partial charge in [0.2, 0.25) is 0 Å². The lowest BCUT2D eigenvalue weighted by atomic mass is 9.98. The van der Waals surface area contributed by atoms with E-state index in [-0.39, 0.29) is 22.8 Å². The normalized spacial score (nSPS) is 11.3. The summed E-state index contributed by atoms with van der Waals surface area (Å²) in [7, 11) is -4.30. The molecule has 35 heavy (non-hydrogen) atoms. The second kappa shape index (κ2) is 9.57. The third kappa shape index (κ3) is 5.65. The fraction of sp³-hybridized carbons (Fsp3) is 0.0769. The van der Waals surface area contributed by atoms with Gasteiger partial charge in [-0.25, -0.2) is 9.59 Å². The van der Waals surface area contributed by atoms with Crippen LogP contribution in [-0.4, -0.2) is 35.1 Å². The molecule has 0 bridgehead atoms. The van der Waals surface area contributed by atoms with Gasteiger partial charge in [0.05, 0.1) is 16.0 Å². The van der Waals surface area contributed by atoms with E-state index in [1.807, 2.05) is 0 Å². The fourth-order valence-corrected chi connectivity index (χ4v) is 4.06. The molecule has 0 saturated carbocycles. The van der Waals surface area contributed by atoms with Crippen LogP contribution >= 0.6 is 0 Å². The second-order valence-corrected chi connectivity index (χ2v) is 9.34. The smallest absolute Gasteiger partial charge is 0.338 e. The molecule has 0 aromatic heterocycles. The Morgan fingerprint density at radius 3 is 2.03 bits per heavy atom. The lowest BCUT2D eigenvalue weighted by Gasteiger charge is -2.10. The molecule has 8 nitrogen and oxygen atoms in total. The predicted molar refractivity (Wildman–Crippen MR) is 127 cm³/mol. The van der Waals surface area contributed by atoms with Crippen LogP contribution in [0.3, 0.4) is 0 Å². The first-order valence-electron chi connectivity index (χ1n) is 10.4. The summed E-state index contributed by atoms with van der Waals surface area (Å²) in [6.07, 6.45) is 0.371. The number of carboxylic acid groups (broad SMARTS) is 1. The quantitative estimate of drug-likeness (QED) is 0.254. The van der Waals surface area contributed by atoms with E-state index in [0.29, 0.717) is 28.5 Å². The Bertz CT molecular complexity index is 1520. The van der Waals surface area contributed by atoms with E-state index in [9.17, 15) is 23.1 Å². The van der Waals surface area contributed by atoms with Crippen LogP contribution in [0.2, 0.25) is 0 Å². The van der Waals surface area contributed by atoms with Crippen LogP contribution in [0.15, 0.2) is 83.8 Å². The number of fused-ring (bicyclic) bond motifs is 1. The van der Waals surface area contributed by atoms with Crippen LogP contribution in [0.4, 0.5) is 0 Å². The zero-order chi connectivity index (χ0) is 25.2. The predicted octanol–water partition coefficient (Wildman–Crippen LogP) is 4.44. The first-order chi connectivity index (χ1) is 16.6. The standard InChI is InChI=1S/C26H20O8S/c27-24-14-19-7-8-20(26(30)34-15-17-3-9-23(10-4-17)35(31,32)33)12-21(19)13-22(24)11-16-1-5-18(6-2-16)25(28)29/h1-10,12-14,27H,11,15H2,(H,28,29)(H,31,32,33). The molecular weight excluding hydrogens is 472 g/mol. The van der Waals surface area contributed by atoms with Gasteiger partial charge in [-0.15, -0.1) is 0 Å². The topological polar surface area (TPSA) is 138 Å². The molecule has 0 aliphatic heterocycles. The molecule has 178 valence electrons. The summed E-state index contributed by atoms with van der Waals surface area (Å²) >= 11 is 0. The summed E-state index contributed by atoms with van der Waals surface area (Å²) in [5.74, 6) is -1.51. The van der Waals surface area contributed by atoms with Crippen molar-refractivity contribution in [3.63, 3.8) is 0 Å². The molecule has 4 aromatic rings. The molecule has 0 heterocycles. The maximum Gasteiger partial charge on any atom is 0.338 e. The number of hydrogen-bond acceptors (Lipinski definition) is 6. The van der Waals surface area contributed by atoms with E-state index < -0.39 is 22.1 Å². The number of ether oxygens (including phenoxy) is 1. The molecular formula is C26H20O8S. The molecule has 0 atom stereocenters. The highest BCUT2D eigenvalue weighted by molar-refractivity contribution is 7.85. The molecule has 0 unspecified atom stereocenters. The molecule has 4 aromatic carbocycles. The second-order valence-electron chi connectivity index (χ2n) is 7.92. The molecule has 0 aliphatic rings. The largest absolute Gasteiger partial charge is 0.508 e. The minimum absolute atomic E-state index is 0.0866. The van der Waals surface area contributed by atoms with E-state index in [4.69, 9.17) is 14.4 Å². The van der Waals surface area contributed by atoms with Crippen molar-refractivity contribution in [3.8, 4) is 5.75 Å². The van der Waals surface area contributed by atoms with Gasteiger partial charge < -0.3 is 14.9 Å². The van der Waals surface area contributed by atoms with Gasteiger partial charge in [-0.05, 0) is 76.0 Å². The zero-order valence-corrected chi connectivity index (χ0v) is 19.0. The summed E-state index contributed by atoms with van der Waals surface area (Å²) in [6.45, 7) is -0.0875. The highest BCUT2D eigenvalue weighted by Crippen LogP contribution is 2.28. The van der Waals surface area contributed by atoms with Crippen molar-refractivity contribution < 1.29 is 37.5 Å². The van der Waals surface area contributed by atoms with Gasteiger partial charge in [-0.2, -0.15) is 8.42 Å². The van der Waals surface area contributed by atoms with Crippen molar-refractivity contribution in [2.45, 2.75) is 17.9 Å². The van der Waals surface area contributed by atoms with Gasteiger partial charge in [0, 0.05) is 6.42 Å². The van der Waals surface area contributed by atoms with Crippen molar-refractivity contribution >= 4 is 32.8 Å². The Hall–Kier alpha value is -4.21. The Morgan fingerprint density at radius 1 is 0.771 bits per heavy atom. The molecule has 0 aliphatic carbocycles. The first kappa shape index (κ1) is 23.9. The van der Waals surface area contributed by atoms with Gasteiger partial charge in [0.15, 0.2) is 0 Å². The maximum absolute atomic E-state index is 12.6. The van der Waals surface area contributed by atoms with Crippen molar-refractivity contribution in [1.82, 2.24) is 0 Å². The number of carbonyl (C=O) groups is 2. The average Bonchev–Trinajstić information content (AvgIpc) is 2.83. The van der Waals surface area contributed by atoms with E-state index in [2.05, 4.69) is 0 Å². The third-order valence-corrected chi connectivity index (χ3v) is 6.33. The SMILES string of the molecule is O=C(O)c1ccc(Cc2cc3cc(C(=O)OCc4ccc(S(=O)(=O)O)cc4)ccc3cc2O)cc1. The molecule has 0 fully saturated rings. The van der Waals surface area contributed by atoms with Crippen LogP contribution in [-0.2, 0) is 27.9 Å². The van der Waals surface area contributed by atoms with Crippen molar-refractivity contribution in [2.75, 3.05) is 0 Å². The van der Waals surface area contributed by atoms with E-state index >= 15 is 0 Å². The molecule has 0 spiro atoms. The molecule has 4 rings (SSSR count). The van der Waals surface area contributed by atoms with Gasteiger partial charge in [0.25, 0.3) is 10.1 Å². The summed E-state index contributed by atoms with van der Waals surface area (Å²) in [5, 5.41) is 20.9. The maximum atomic E-state index is 12.6. The highest BCUT2D eigenvalue weighted by Gasteiger charge is 2.13. The van der Waals surface area contributed by atoms with E-state index in [0.717, 1.165) is 10.9 Å². The summed E-state index contributed by atoms with van der Waals surface area (Å²) in [4.78, 5) is 23.3. The monoisotopic (exact) mass is 492 g/mol. The van der Waals surface area contributed by atoms with Crippen LogP contribution in [0.5, 0.6) is 5.75 Å². The number of hydrogen-bond donors (Lipinski definition) is 3. The van der Waals surface area contributed by atoms with Gasteiger partial charge in [0.1, 0.15) is 12.4 Å². The van der Waals surface area contributed by atoms with Crippen molar-refractivity contribution in [1.29, 1.82) is 0 Å². The fourth-order valence-electron chi connectivity index (χ4n) is 3.58. The van der Waals surface area contributed by atoms with Gasteiger partial charge >= 0.3 is 11.9 Å².